The molecule has 0 amide bonds. The molecule has 2 rings (SSSR count). The van der Waals surface area contributed by atoms with Gasteiger partial charge in [-0.1, -0.05) is 34.1 Å². The molecule has 1 unspecified atom stereocenters. The highest BCUT2D eigenvalue weighted by Crippen LogP contribution is 2.66. The molecule has 0 aromatic rings. The smallest absolute Gasteiger partial charge is 0.0292 e. The minimum absolute atomic E-state index is 0.762. The number of hydrogen-bond donors (Lipinski definition) is 0. The zero-order chi connectivity index (χ0) is 7.78. The summed E-state index contributed by atoms with van der Waals surface area (Å²) in [6.45, 7) is 8.84. The van der Waals surface area contributed by atoms with Crippen molar-refractivity contribution in [3.05, 3.63) is 0 Å². The zero-order valence-electron chi connectivity index (χ0n) is 7.78. The van der Waals surface area contributed by atoms with Crippen LogP contribution in [0.4, 0.5) is 0 Å². The largest absolute Gasteiger partial charge is 0.0683 e. The molecule has 0 saturated heterocycles. The Morgan fingerprint density at radius 2 is 1.40 bits per heavy atom. The minimum Gasteiger partial charge on any atom is -0.0683 e. The van der Waals surface area contributed by atoms with E-state index < -0.39 is 0 Å². The van der Waals surface area contributed by atoms with Crippen LogP contribution in [0.15, 0.2) is 0 Å². The predicted molar refractivity (Wildman–Crippen MR) is 46.0 cm³/mol. The van der Waals surface area contributed by atoms with Gasteiger partial charge >= 0.3 is 0 Å². The molecule has 2 fully saturated rings. The summed E-state index contributed by atoms with van der Waals surface area (Å²) in [7, 11) is 0. The van der Waals surface area contributed by atoms with E-state index in [4.69, 9.17) is 0 Å². The quantitative estimate of drug-likeness (QED) is 0.483. The first-order chi connectivity index (χ1) is 4.73. The molecule has 2 saturated carbocycles. The summed E-state index contributed by atoms with van der Waals surface area (Å²) in [5.74, 6) is 2.25. The van der Waals surface area contributed by atoms with E-state index in [1.54, 1.807) is 0 Å². The summed E-state index contributed by atoms with van der Waals surface area (Å²) >= 11 is 0. The molecule has 0 nitrogen and oxygen atoms in total. The van der Waals surface area contributed by atoms with Gasteiger partial charge < -0.3 is 0 Å². The van der Waals surface area contributed by atoms with Gasteiger partial charge in [0.15, 0.2) is 0 Å². The Kier molecular flexibility index (Phi) is 2.07. The van der Waals surface area contributed by atoms with Crippen LogP contribution in [0, 0.1) is 17.3 Å². The first kappa shape index (κ1) is 8.10. The van der Waals surface area contributed by atoms with Crippen LogP contribution in [-0.2, 0) is 0 Å². The van der Waals surface area contributed by atoms with Crippen LogP contribution in [0.2, 0.25) is 0 Å². The molecule has 0 heterocycles. The van der Waals surface area contributed by atoms with E-state index >= 15 is 0 Å². The molecule has 0 bridgehead atoms. The normalized spacial score (nSPS) is 39.6. The van der Waals surface area contributed by atoms with Crippen molar-refractivity contribution in [1.29, 1.82) is 0 Å². The Labute approximate surface area is 65.0 Å². The standard InChI is InChI=1S/C8H14.C2H6/c1-8(2)6-4-3-5-7(6)8;1-2/h6-7H,3-5H2,1-2H3;1-2H3/t6-,7?;/m0./s1. The average Bonchev–Trinajstić information content (AvgIpc) is 2.42. The predicted octanol–water partition coefficient (Wildman–Crippen LogP) is 3.47. The fourth-order valence-corrected chi connectivity index (χ4v) is 2.56. The van der Waals surface area contributed by atoms with Crippen LogP contribution >= 0.6 is 0 Å². The fraction of sp³-hybridized carbons (Fsp3) is 1.00. The van der Waals surface area contributed by atoms with E-state index in [-0.39, 0.29) is 0 Å². The summed E-state index contributed by atoms with van der Waals surface area (Å²) in [4.78, 5) is 0. The molecule has 2 atom stereocenters. The van der Waals surface area contributed by atoms with E-state index in [1.165, 1.54) is 19.3 Å². The van der Waals surface area contributed by atoms with Gasteiger partial charge in [0.25, 0.3) is 0 Å². The summed E-state index contributed by atoms with van der Waals surface area (Å²) in [6.07, 6.45) is 4.56. The molecule has 0 aliphatic heterocycles. The average molecular weight is 140 g/mol. The Morgan fingerprint density at radius 1 is 1.00 bits per heavy atom. The lowest BCUT2D eigenvalue weighted by Crippen LogP contribution is -1.94. The molecule has 10 heavy (non-hydrogen) atoms. The molecule has 0 radical (unpaired) electrons. The molecule has 60 valence electrons. The molecule has 2 aliphatic carbocycles. The lowest BCUT2D eigenvalue weighted by molar-refractivity contribution is 0.465. The van der Waals surface area contributed by atoms with Gasteiger partial charge in [-0.15, -0.1) is 0 Å². The number of hydrogen-bond acceptors (Lipinski definition) is 0. The van der Waals surface area contributed by atoms with Crippen LogP contribution in [0.25, 0.3) is 0 Å². The van der Waals surface area contributed by atoms with E-state index in [2.05, 4.69) is 13.8 Å². The molecular weight excluding hydrogens is 120 g/mol. The lowest BCUT2D eigenvalue weighted by Gasteiger charge is -2.04. The van der Waals surface area contributed by atoms with Crippen LogP contribution in [0.3, 0.4) is 0 Å². The molecule has 0 spiro atoms. The third-order valence-corrected chi connectivity index (χ3v) is 3.32. The SMILES string of the molecule is CC.CC1(C)C2CCC[C@@H]21. The van der Waals surface area contributed by atoms with Crippen molar-refractivity contribution in [3.8, 4) is 0 Å². The van der Waals surface area contributed by atoms with Crippen LogP contribution in [-0.4, -0.2) is 0 Å². The highest BCUT2D eigenvalue weighted by molar-refractivity contribution is 5.07. The summed E-state index contributed by atoms with van der Waals surface area (Å²) in [5.41, 5.74) is 0.762. The monoisotopic (exact) mass is 140 g/mol. The van der Waals surface area contributed by atoms with Gasteiger partial charge in [0, 0.05) is 0 Å². The van der Waals surface area contributed by atoms with E-state index in [9.17, 15) is 0 Å². The highest BCUT2D eigenvalue weighted by Gasteiger charge is 2.58. The Balaban J connectivity index is 0.000000231. The maximum absolute atomic E-state index is 2.42. The van der Waals surface area contributed by atoms with Gasteiger partial charge in [-0.2, -0.15) is 0 Å². The summed E-state index contributed by atoms with van der Waals surface area (Å²) in [5, 5.41) is 0. The Bertz CT molecular complexity index is 101. The van der Waals surface area contributed by atoms with Gasteiger partial charge in [0.2, 0.25) is 0 Å². The first-order valence-corrected chi connectivity index (χ1v) is 4.73. The van der Waals surface area contributed by atoms with Gasteiger partial charge in [0.05, 0.1) is 0 Å². The van der Waals surface area contributed by atoms with Gasteiger partial charge in [-0.25, -0.2) is 0 Å². The van der Waals surface area contributed by atoms with Crippen molar-refractivity contribution in [1.82, 2.24) is 0 Å². The molecule has 2 aliphatic rings. The Morgan fingerprint density at radius 3 is 1.60 bits per heavy atom. The molecule has 0 aromatic carbocycles. The maximum atomic E-state index is 2.42. The van der Waals surface area contributed by atoms with Gasteiger partial charge in [-0.3, -0.25) is 0 Å². The van der Waals surface area contributed by atoms with Crippen molar-refractivity contribution in [2.45, 2.75) is 47.0 Å². The number of rotatable bonds is 0. The second-order valence-electron chi connectivity index (χ2n) is 3.97. The molecular formula is C10H20. The van der Waals surface area contributed by atoms with Crippen molar-refractivity contribution < 1.29 is 0 Å². The van der Waals surface area contributed by atoms with E-state index in [0.29, 0.717) is 0 Å². The van der Waals surface area contributed by atoms with Crippen molar-refractivity contribution in [2.75, 3.05) is 0 Å². The van der Waals surface area contributed by atoms with Crippen LogP contribution in [0.5, 0.6) is 0 Å². The zero-order valence-corrected chi connectivity index (χ0v) is 7.78. The molecule has 0 N–H and O–H groups in total. The van der Waals surface area contributed by atoms with Crippen molar-refractivity contribution >= 4 is 0 Å². The third-order valence-electron chi connectivity index (χ3n) is 3.32. The van der Waals surface area contributed by atoms with Gasteiger partial charge in [0.1, 0.15) is 0 Å². The maximum Gasteiger partial charge on any atom is -0.0292 e. The highest BCUT2D eigenvalue weighted by atomic mass is 14.6. The summed E-state index contributed by atoms with van der Waals surface area (Å²) < 4.78 is 0. The van der Waals surface area contributed by atoms with Gasteiger partial charge in [-0.05, 0) is 30.1 Å². The van der Waals surface area contributed by atoms with Crippen LogP contribution in [0.1, 0.15) is 47.0 Å². The lowest BCUT2D eigenvalue weighted by atomic mass is 10.0. The summed E-state index contributed by atoms with van der Waals surface area (Å²) in [6, 6.07) is 0. The first-order valence-electron chi connectivity index (χ1n) is 4.73. The third kappa shape index (κ3) is 0.980. The topological polar surface area (TPSA) is 0 Å². The minimum atomic E-state index is 0.762. The van der Waals surface area contributed by atoms with Crippen LogP contribution < -0.4 is 0 Å². The van der Waals surface area contributed by atoms with Crippen molar-refractivity contribution in [3.63, 3.8) is 0 Å². The van der Waals surface area contributed by atoms with E-state index in [0.717, 1.165) is 17.3 Å². The van der Waals surface area contributed by atoms with E-state index in [1.807, 2.05) is 13.8 Å². The second kappa shape index (κ2) is 2.56. The fourth-order valence-electron chi connectivity index (χ4n) is 2.56. The second-order valence-corrected chi connectivity index (χ2v) is 3.97. The molecule has 0 aromatic heterocycles. The Hall–Kier alpha value is 0. The van der Waals surface area contributed by atoms with Crippen molar-refractivity contribution in [2.24, 2.45) is 17.3 Å². The molecule has 0 heteroatoms. The number of fused-ring (bicyclic) bond motifs is 1.